The Morgan fingerprint density at radius 1 is 1.50 bits per heavy atom. The fourth-order valence-electron chi connectivity index (χ4n) is 1.53. The fourth-order valence-corrected chi connectivity index (χ4v) is 1.53. The van der Waals surface area contributed by atoms with Gasteiger partial charge in [0.2, 0.25) is 0 Å². The molecule has 0 aliphatic carbocycles. The molecule has 0 aliphatic heterocycles. The van der Waals surface area contributed by atoms with Crippen LogP contribution in [-0.4, -0.2) is 41.0 Å². The van der Waals surface area contributed by atoms with Crippen molar-refractivity contribution in [3.05, 3.63) is 22.7 Å². The third-order valence-corrected chi connectivity index (χ3v) is 2.37. The molecule has 1 aromatic rings. The van der Waals surface area contributed by atoms with Gasteiger partial charge in [0.25, 0.3) is 5.56 Å². The zero-order valence-corrected chi connectivity index (χ0v) is 10.8. The third-order valence-electron chi connectivity index (χ3n) is 2.37. The molecule has 0 aliphatic rings. The first-order valence-corrected chi connectivity index (χ1v) is 6.27. The summed E-state index contributed by atoms with van der Waals surface area (Å²) in [5, 5.41) is 11.5. The summed E-state index contributed by atoms with van der Waals surface area (Å²) < 4.78 is 6.77. The lowest BCUT2D eigenvalue weighted by Gasteiger charge is -2.08. The molecule has 0 aromatic carbocycles. The van der Waals surface area contributed by atoms with Crippen LogP contribution in [0, 0.1) is 0 Å². The monoisotopic (exact) mass is 255 g/mol. The van der Waals surface area contributed by atoms with Gasteiger partial charge in [0.15, 0.2) is 5.82 Å². The second-order valence-electron chi connectivity index (χ2n) is 3.89. The predicted molar refractivity (Wildman–Crippen MR) is 69.8 cm³/mol. The molecule has 0 unspecified atom stereocenters. The van der Waals surface area contributed by atoms with Crippen LogP contribution in [-0.2, 0) is 11.3 Å². The van der Waals surface area contributed by atoms with Crippen molar-refractivity contribution in [3.8, 4) is 0 Å². The summed E-state index contributed by atoms with van der Waals surface area (Å²) in [6.07, 6.45) is 5.01. The highest BCUT2D eigenvalue weighted by molar-refractivity contribution is 5.30. The maximum atomic E-state index is 11.9. The molecule has 1 heterocycles. The minimum absolute atomic E-state index is 0.0371. The highest BCUT2D eigenvalue weighted by Gasteiger charge is 2.02. The molecule has 102 valence electrons. The molecular formula is C12H21N3O3. The van der Waals surface area contributed by atoms with E-state index in [4.69, 9.17) is 9.84 Å². The zero-order valence-electron chi connectivity index (χ0n) is 10.8. The largest absolute Gasteiger partial charge is 0.394 e. The summed E-state index contributed by atoms with van der Waals surface area (Å²) in [5.74, 6) is 0.383. The maximum Gasteiger partial charge on any atom is 0.293 e. The van der Waals surface area contributed by atoms with Crippen LogP contribution < -0.4 is 10.9 Å². The second-order valence-corrected chi connectivity index (χ2v) is 3.89. The molecule has 1 rings (SSSR count). The predicted octanol–water partition coefficient (Wildman–Crippen LogP) is 0.464. The highest BCUT2D eigenvalue weighted by atomic mass is 16.5. The summed E-state index contributed by atoms with van der Waals surface area (Å²) >= 11 is 0. The normalized spacial score (nSPS) is 10.6. The number of nitrogens with one attached hydrogen (secondary N) is 1. The molecule has 6 heteroatoms. The first kappa shape index (κ1) is 14.7. The molecule has 0 amide bonds. The number of rotatable bonds is 9. The van der Waals surface area contributed by atoms with Gasteiger partial charge in [-0.15, -0.1) is 0 Å². The Morgan fingerprint density at radius 3 is 3.06 bits per heavy atom. The van der Waals surface area contributed by atoms with Gasteiger partial charge in [-0.3, -0.25) is 4.79 Å². The third kappa shape index (κ3) is 4.85. The smallest absolute Gasteiger partial charge is 0.293 e. The van der Waals surface area contributed by atoms with Gasteiger partial charge in [-0.1, -0.05) is 6.92 Å². The van der Waals surface area contributed by atoms with Gasteiger partial charge in [-0.05, 0) is 12.8 Å². The Hall–Kier alpha value is -1.40. The molecule has 0 spiro atoms. The van der Waals surface area contributed by atoms with E-state index in [1.54, 1.807) is 17.0 Å². The first-order chi connectivity index (χ1) is 8.79. The summed E-state index contributed by atoms with van der Waals surface area (Å²) in [6, 6.07) is 0. The Balaban J connectivity index is 2.38. The number of aromatic nitrogens is 2. The van der Waals surface area contributed by atoms with Gasteiger partial charge in [0.1, 0.15) is 0 Å². The number of nitrogens with zero attached hydrogens (tertiary/aromatic N) is 2. The SMILES string of the molecule is CCCn1ccnc(NCCCOCCO)c1=O. The average molecular weight is 255 g/mol. The summed E-state index contributed by atoms with van der Waals surface area (Å²) in [4.78, 5) is 15.9. The van der Waals surface area contributed by atoms with E-state index in [0.29, 0.717) is 32.1 Å². The number of aliphatic hydroxyl groups is 1. The molecule has 0 saturated heterocycles. The van der Waals surface area contributed by atoms with Crippen molar-refractivity contribution < 1.29 is 9.84 Å². The van der Waals surface area contributed by atoms with Crippen molar-refractivity contribution in [1.82, 2.24) is 9.55 Å². The van der Waals surface area contributed by atoms with Crippen molar-refractivity contribution in [2.24, 2.45) is 0 Å². The van der Waals surface area contributed by atoms with Gasteiger partial charge in [0, 0.05) is 32.1 Å². The van der Waals surface area contributed by atoms with Crippen LogP contribution in [0.25, 0.3) is 0 Å². The summed E-state index contributed by atoms with van der Waals surface area (Å²) in [7, 11) is 0. The van der Waals surface area contributed by atoms with Crippen molar-refractivity contribution in [2.45, 2.75) is 26.3 Å². The lowest BCUT2D eigenvalue weighted by molar-refractivity contribution is 0.0922. The Kier molecular flexibility index (Phi) is 7.05. The number of ether oxygens (including phenoxy) is 1. The molecule has 6 nitrogen and oxygen atoms in total. The van der Waals surface area contributed by atoms with E-state index in [0.717, 1.165) is 12.8 Å². The zero-order chi connectivity index (χ0) is 13.2. The molecule has 0 radical (unpaired) electrons. The number of hydrogen-bond acceptors (Lipinski definition) is 5. The van der Waals surface area contributed by atoms with Gasteiger partial charge < -0.3 is 19.7 Å². The maximum absolute atomic E-state index is 11.9. The van der Waals surface area contributed by atoms with Crippen LogP contribution in [0.5, 0.6) is 0 Å². The Bertz CT molecular complexity index is 392. The number of aliphatic hydroxyl groups excluding tert-OH is 1. The van der Waals surface area contributed by atoms with E-state index < -0.39 is 0 Å². The van der Waals surface area contributed by atoms with Crippen molar-refractivity contribution in [1.29, 1.82) is 0 Å². The molecule has 2 N–H and O–H groups in total. The van der Waals surface area contributed by atoms with Gasteiger partial charge >= 0.3 is 0 Å². The van der Waals surface area contributed by atoms with Crippen LogP contribution in [0.4, 0.5) is 5.82 Å². The van der Waals surface area contributed by atoms with Crippen molar-refractivity contribution >= 4 is 5.82 Å². The molecular weight excluding hydrogens is 234 g/mol. The van der Waals surface area contributed by atoms with E-state index in [-0.39, 0.29) is 12.2 Å². The lowest BCUT2D eigenvalue weighted by atomic mass is 10.4. The number of aryl methyl sites for hydroxylation is 1. The molecule has 1 aromatic heterocycles. The fraction of sp³-hybridized carbons (Fsp3) is 0.667. The first-order valence-electron chi connectivity index (χ1n) is 6.27. The lowest BCUT2D eigenvalue weighted by Crippen LogP contribution is -2.24. The van der Waals surface area contributed by atoms with E-state index in [9.17, 15) is 4.79 Å². The van der Waals surface area contributed by atoms with Gasteiger partial charge in [0.05, 0.1) is 13.2 Å². The van der Waals surface area contributed by atoms with Gasteiger partial charge in [-0.25, -0.2) is 4.98 Å². The Morgan fingerprint density at radius 2 is 2.33 bits per heavy atom. The van der Waals surface area contributed by atoms with E-state index in [1.807, 2.05) is 6.92 Å². The topological polar surface area (TPSA) is 76.4 Å². The Labute approximate surface area is 107 Å². The summed E-state index contributed by atoms with van der Waals surface area (Å²) in [6.45, 7) is 4.31. The number of anilines is 1. The molecule has 0 bridgehead atoms. The van der Waals surface area contributed by atoms with E-state index in [1.165, 1.54) is 0 Å². The molecule has 0 atom stereocenters. The van der Waals surface area contributed by atoms with Crippen LogP contribution in [0.3, 0.4) is 0 Å². The summed E-state index contributed by atoms with van der Waals surface area (Å²) in [5.41, 5.74) is -0.0874. The molecule has 0 saturated carbocycles. The van der Waals surface area contributed by atoms with Crippen LogP contribution in [0.15, 0.2) is 17.2 Å². The van der Waals surface area contributed by atoms with Crippen molar-refractivity contribution in [3.63, 3.8) is 0 Å². The van der Waals surface area contributed by atoms with Crippen LogP contribution in [0.1, 0.15) is 19.8 Å². The van der Waals surface area contributed by atoms with Gasteiger partial charge in [-0.2, -0.15) is 0 Å². The van der Waals surface area contributed by atoms with E-state index >= 15 is 0 Å². The number of hydrogen-bond donors (Lipinski definition) is 2. The van der Waals surface area contributed by atoms with Crippen LogP contribution in [0.2, 0.25) is 0 Å². The van der Waals surface area contributed by atoms with Crippen LogP contribution >= 0.6 is 0 Å². The minimum atomic E-state index is -0.0874. The molecule has 0 fully saturated rings. The van der Waals surface area contributed by atoms with Crippen molar-refractivity contribution in [2.75, 3.05) is 31.7 Å². The standard InChI is InChI=1S/C12H21N3O3/c1-2-6-15-7-5-14-11(12(15)17)13-4-3-9-18-10-8-16/h5,7,16H,2-4,6,8-10H2,1H3,(H,13,14). The quantitative estimate of drug-likeness (QED) is 0.627. The second kappa shape index (κ2) is 8.66. The molecule has 18 heavy (non-hydrogen) atoms. The minimum Gasteiger partial charge on any atom is -0.394 e. The van der Waals surface area contributed by atoms with E-state index in [2.05, 4.69) is 10.3 Å². The highest BCUT2D eigenvalue weighted by Crippen LogP contribution is 1.95. The average Bonchev–Trinajstić information content (AvgIpc) is 2.38.